The van der Waals surface area contributed by atoms with Gasteiger partial charge in [-0.3, -0.25) is 4.57 Å². The van der Waals surface area contributed by atoms with Crippen molar-refractivity contribution in [3.8, 4) is 34.0 Å². The van der Waals surface area contributed by atoms with E-state index >= 15 is 0 Å². The quantitative estimate of drug-likeness (QED) is 0.169. The molecule has 0 unspecified atom stereocenters. The molecule has 0 amide bonds. The van der Waals surface area contributed by atoms with Crippen molar-refractivity contribution in [3.63, 3.8) is 0 Å². The van der Waals surface area contributed by atoms with E-state index in [2.05, 4.69) is 205 Å². The second-order valence-electron chi connectivity index (χ2n) is 16.6. The Labute approximate surface area is 340 Å². The van der Waals surface area contributed by atoms with Gasteiger partial charge in [-0.15, -0.1) is 0 Å². The SMILES string of the molecule is CC1(C)c2ccccc2-c2ccc3cc4c(cc3c21)c1ccccc1n4-c1nc(-c2ccc3c(c2)c2ccccc2n3-c2ccccc2)c2ccc3ccccc3c2n1. The van der Waals surface area contributed by atoms with Crippen molar-refractivity contribution in [1.82, 2.24) is 19.1 Å². The van der Waals surface area contributed by atoms with Gasteiger partial charge in [-0.25, -0.2) is 9.97 Å². The van der Waals surface area contributed by atoms with Gasteiger partial charge >= 0.3 is 0 Å². The lowest BCUT2D eigenvalue weighted by molar-refractivity contribution is 0.666. The number of nitrogens with zero attached hydrogens (tertiary/aromatic N) is 4. The average Bonchev–Trinajstić information content (AvgIpc) is 3.88. The lowest BCUT2D eigenvalue weighted by Crippen LogP contribution is -2.15. The van der Waals surface area contributed by atoms with Gasteiger partial charge in [0.15, 0.2) is 0 Å². The summed E-state index contributed by atoms with van der Waals surface area (Å²) >= 11 is 0. The van der Waals surface area contributed by atoms with Gasteiger partial charge in [0.05, 0.1) is 33.3 Å². The summed E-state index contributed by atoms with van der Waals surface area (Å²) in [7, 11) is 0. The van der Waals surface area contributed by atoms with Crippen molar-refractivity contribution in [3.05, 3.63) is 193 Å². The van der Waals surface area contributed by atoms with Crippen molar-refractivity contribution in [2.75, 3.05) is 0 Å². The maximum Gasteiger partial charge on any atom is 0.235 e. The zero-order valence-electron chi connectivity index (χ0n) is 32.6. The number of fused-ring (bicyclic) bond motifs is 14. The van der Waals surface area contributed by atoms with Crippen LogP contribution in [0.4, 0.5) is 0 Å². The first-order chi connectivity index (χ1) is 29.0. The molecule has 0 aliphatic heterocycles. The molecule has 4 nitrogen and oxygen atoms in total. The molecular formula is C55H36N4. The lowest BCUT2D eigenvalue weighted by Gasteiger charge is -2.23. The molecule has 0 N–H and O–H groups in total. The molecular weight excluding hydrogens is 717 g/mol. The van der Waals surface area contributed by atoms with Gasteiger partial charge in [-0.2, -0.15) is 0 Å². The Morgan fingerprint density at radius 3 is 1.90 bits per heavy atom. The predicted molar refractivity (Wildman–Crippen MR) is 246 cm³/mol. The standard InChI is InChI=1S/C55H36N4/c1-55(2)46-21-11-8-18-38(46)41-27-25-34-31-50-45(32-43(34)51(41)55)40-20-10-13-23-48(40)59(50)54-56-52(42-28-24-33-14-6-7-17-37(33)53(42)57-54)35-26-29-49-44(30-35)39-19-9-12-22-47(39)58(49)36-15-4-3-5-16-36/h3-32H,1-2H3. The van der Waals surface area contributed by atoms with Crippen LogP contribution in [-0.2, 0) is 5.41 Å². The molecule has 3 heterocycles. The van der Waals surface area contributed by atoms with Crippen molar-refractivity contribution in [2.45, 2.75) is 19.3 Å². The molecule has 0 saturated carbocycles. The Kier molecular flexibility index (Phi) is 6.48. The summed E-state index contributed by atoms with van der Waals surface area (Å²) in [5, 5.41) is 10.6. The highest BCUT2D eigenvalue weighted by molar-refractivity contribution is 6.16. The molecule has 0 spiro atoms. The summed E-state index contributed by atoms with van der Waals surface area (Å²) in [5.41, 5.74) is 13.9. The van der Waals surface area contributed by atoms with Crippen molar-refractivity contribution >= 4 is 76.1 Å². The summed E-state index contributed by atoms with van der Waals surface area (Å²) in [6, 6.07) is 66.2. The van der Waals surface area contributed by atoms with Gasteiger partial charge in [0.2, 0.25) is 5.95 Å². The molecule has 9 aromatic carbocycles. The van der Waals surface area contributed by atoms with Crippen LogP contribution in [0.25, 0.3) is 110 Å². The number of para-hydroxylation sites is 3. The smallest absolute Gasteiger partial charge is 0.235 e. The van der Waals surface area contributed by atoms with Gasteiger partial charge in [-0.1, -0.05) is 141 Å². The molecule has 0 radical (unpaired) electrons. The first-order valence-electron chi connectivity index (χ1n) is 20.4. The zero-order valence-corrected chi connectivity index (χ0v) is 32.6. The maximum atomic E-state index is 5.61. The highest BCUT2D eigenvalue weighted by Gasteiger charge is 2.37. The first kappa shape index (κ1) is 32.5. The topological polar surface area (TPSA) is 35.6 Å². The summed E-state index contributed by atoms with van der Waals surface area (Å²) in [6.07, 6.45) is 0. The minimum atomic E-state index is -0.122. The van der Waals surface area contributed by atoms with E-state index in [-0.39, 0.29) is 5.41 Å². The van der Waals surface area contributed by atoms with Gasteiger partial charge in [-0.05, 0) is 93.0 Å². The summed E-state index contributed by atoms with van der Waals surface area (Å²) in [6.45, 7) is 4.74. The fourth-order valence-electron chi connectivity index (χ4n) is 10.4. The van der Waals surface area contributed by atoms with Crippen molar-refractivity contribution in [1.29, 1.82) is 0 Å². The molecule has 276 valence electrons. The number of hydrogen-bond donors (Lipinski definition) is 0. The Hall–Kier alpha value is -7.56. The van der Waals surface area contributed by atoms with E-state index in [0.717, 1.165) is 55.2 Å². The van der Waals surface area contributed by atoms with Crippen LogP contribution >= 0.6 is 0 Å². The van der Waals surface area contributed by atoms with E-state index < -0.39 is 0 Å². The Morgan fingerprint density at radius 1 is 0.407 bits per heavy atom. The van der Waals surface area contributed by atoms with Crippen molar-refractivity contribution < 1.29 is 0 Å². The van der Waals surface area contributed by atoms with E-state index in [4.69, 9.17) is 9.97 Å². The molecule has 1 aliphatic rings. The van der Waals surface area contributed by atoms with Gasteiger partial charge in [0.25, 0.3) is 0 Å². The molecule has 1 aliphatic carbocycles. The van der Waals surface area contributed by atoms with Crippen LogP contribution in [0.3, 0.4) is 0 Å². The van der Waals surface area contributed by atoms with Crippen molar-refractivity contribution in [2.24, 2.45) is 0 Å². The van der Waals surface area contributed by atoms with Crippen LogP contribution in [-0.4, -0.2) is 19.1 Å². The van der Waals surface area contributed by atoms with E-state index in [0.29, 0.717) is 5.95 Å². The first-order valence-corrected chi connectivity index (χ1v) is 20.4. The molecule has 4 heteroatoms. The maximum absolute atomic E-state index is 5.61. The van der Waals surface area contributed by atoms with E-state index in [1.165, 1.54) is 60.1 Å². The highest BCUT2D eigenvalue weighted by atomic mass is 15.2. The van der Waals surface area contributed by atoms with Crippen LogP contribution in [0.1, 0.15) is 25.0 Å². The Bertz CT molecular complexity index is 3750. The Balaban J connectivity index is 1.11. The fraction of sp³-hybridized carbons (Fsp3) is 0.0545. The molecule has 3 aromatic heterocycles. The lowest BCUT2D eigenvalue weighted by atomic mass is 9.80. The second kappa shape index (κ2) is 11.7. The third-order valence-electron chi connectivity index (χ3n) is 13.1. The third-order valence-corrected chi connectivity index (χ3v) is 13.1. The number of hydrogen-bond acceptors (Lipinski definition) is 2. The average molecular weight is 753 g/mol. The molecule has 12 aromatic rings. The number of benzene rings is 9. The van der Waals surface area contributed by atoms with Crippen LogP contribution in [0.2, 0.25) is 0 Å². The summed E-state index contributed by atoms with van der Waals surface area (Å²) < 4.78 is 4.66. The normalized spacial score (nSPS) is 13.4. The Morgan fingerprint density at radius 2 is 1.07 bits per heavy atom. The predicted octanol–water partition coefficient (Wildman–Crippen LogP) is 14.1. The van der Waals surface area contributed by atoms with Crippen LogP contribution in [0, 0.1) is 0 Å². The van der Waals surface area contributed by atoms with E-state index in [9.17, 15) is 0 Å². The highest BCUT2D eigenvalue weighted by Crippen LogP contribution is 2.52. The van der Waals surface area contributed by atoms with E-state index in [1.54, 1.807) is 0 Å². The second-order valence-corrected chi connectivity index (χ2v) is 16.6. The number of rotatable bonds is 3. The van der Waals surface area contributed by atoms with Gasteiger partial charge < -0.3 is 4.57 Å². The monoisotopic (exact) mass is 752 g/mol. The third kappa shape index (κ3) is 4.43. The minimum absolute atomic E-state index is 0.122. The largest absolute Gasteiger partial charge is 0.309 e. The molecule has 0 bridgehead atoms. The molecule has 0 fully saturated rings. The van der Waals surface area contributed by atoms with Gasteiger partial charge in [0.1, 0.15) is 0 Å². The molecule has 13 rings (SSSR count). The zero-order chi connectivity index (χ0) is 39.0. The van der Waals surface area contributed by atoms with Crippen LogP contribution < -0.4 is 0 Å². The van der Waals surface area contributed by atoms with Crippen LogP contribution in [0.15, 0.2) is 182 Å². The molecule has 59 heavy (non-hydrogen) atoms. The molecule has 0 atom stereocenters. The molecule has 0 saturated heterocycles. The number of aromatic nitrogens is 4. The fourth-order valence-corrected chi connectivity index (χ4v) is 10.4. The summed E-state index contributed by atoms with van der Waals surface area (Å²) in [5.74, 6) is 0.662. The van der Waals surface area contributed by atoms with Gasteiger partial charge in [0, 0.05) is 49.0 Å². The summed E-state index contributed by atoms with van der Waals surface area (Å²) in [4.78, 5) is 11.1. The van der Waals surface area contributed by atoms with Crippen LogP contribution in [0.5, 0.6) is 0 Å². The van der Waals surface area contributed by atoms with E-state index in [1.807, 2.05) is 0 Å². The minimum Gasteiger partial charge on any atom is -0.309 e.